The Morgan fingerprint density at radius 3 is 2.38 bits per heavy atom. The first-order chi connectivity index (χ1) is 6.16. The Morgan fingerprint density at radius 2 is 1.85 bits per heavy atom. The third-order valence-corrected chi connectivity index (χ3v) is 2.14. The summed E-state index contributed by atoms with van der Waals surface area (Å²) < 4.78 is 5.58. The van der Waals surface area contributed by atoms with E-state index in [1.807, 2.05) is 6.92 Å². The molecule has 2 atom stereocenters. The summed E-state index contributed by atoms with van der Waals surface area (Å²) in [6.45, 7) is 6.96. The van der Waals surface area contributed by atoms with Crippen LogP contribution in [0.2, 0.25) is 0 Å². The van der Waals surface area contributed by atoms with Crippen LogP contribution in [0.25, 0.3) is 0 Å². The third-order valence-electron chi connectivity index (χ3n) is 2.14. The number of rotatable bonds is 8. The molecular weight excluding hydrogens is 164 g/mol. The van der Waals surface area contributed by atoms with Crippen molar-refractivity contribution in [2.45, 2.75) is 65.1 Å². The lowest BCUT2D eigenvalue weighted by Gasteiger charge is -2.13. The second kappa shape index (κ2) is 8.52. The van der Waals surface area contributed by atoms with Gasteiger partial charge in [-0.3, -0.25) is 0 Å². The van der Waals surface area contributed by atoms with Crippen molar-refractivity contribution in [3.8, 4) is 0 Å². The van der Waals surface area contributed by atoms with E-state index in [1.54, 1.807) is 0 Å². The molecule has 0 aromatic rings. The van der Waals surface area contributed by atoms with Crippen LogP contribution in [0.5, 0.6) is 0 Å². The zero-order chi connectivity index (χ0) is 10.1. The summed E-state index contributed by atoms with van der Waals surface area (Å²) in [4.78, 5) is 0. The first-order valence-corrected chi connectivity index (χ1v) is 5.46. The lowest BCUT2D eigenvalue weighted by atomic mass is 10.1. The molecule has 0 amide bonds. The molecule has 80 valence electrons. The highest BCUT2D eigenvalue weighted by molar-refractivity contribution is 4.54. The molecule has 0 saturated heterocycles. The maximum Gasteiger partial charge on any atom is 0.0547 e. The van der Waals surface area contributed by atoms with Gasteiger partial charge in [-0.25, -0.2) is 0 Å². The van der Waals surface area contributed by atoms with Gasteiger partial charge in [0.1, 0.15) is 0 Å². The Kier molecular flexibility index (Phi) is 8.46. The van der Waals surface area contributed by atoms with Crippen LogP contribution in [0.3, 0.4) is 0 Å². The molecule has 1 N–H and O–H groups in total. The van der Waals surface area contributed by atoms with E-state index in [2.05, 4.69) is 13.8 Å². The lowest BCUT2D eigenvalue weighted by molar-refractivity contribution is 0.0463. The molecule has 0 saturated carbocycles. The van der Waals surface area contributed by atoms with Gasteiger partial charge >= 0.3 is 0 Å². The Balaban J connectivity index is 3.15. The molecule has 0 aliphatic rings. The molecule has 0 bridgehead atoms. The summed E-state index contributed by atoms with van der Waals surface area (Å²) in [5.41, 5.74) is 0. The van der Waals surface area contributed by atoms with E-state index < -0.39 is 0 Å². The van der Waals surface area contributed by atoms with Crippen LogP contribution in [-0.4, -0.2) is 23.9 Å². The van der Waals surface area contributed by atoms with Crippen LogP contribution >= 0.6 is 0 Å². The monoisotopic (exact) mass is 188 g/mol. The molecule has 0 radical (unpaired) electrons. The van der Waals surface area contributed by atoms with Crippen LogP contribution in [-0.2, 0) is 4.74 Å². The van der Waals surface area contributed by atoms with Gasteiger partial charge in [-0.05, 0) is 33.1 Å². The van der Waals surface area contributed by atoms with E-state index in [4.69, 9.17) is 9.84 Å². The molecule has 0 aromatic carbocycles. The highest BCUT2D eigenvalue weighted by Crippen LogP contribution is 2.05. The highest BCUT2D eigenvalue weighted by atomic mass is 16.5. The maximum absolute atomic E-state index is 9.06. The fourth-order valence-electron chi connectivity index (χ4n) is 1.20. The summed E-state index contributed by atoms with van der Waals surface area (Å²) in [7, 11) is 0. The minimum atomic E-state index is -0.193. The highest BCUT2D eigenvalue weighted by Gasteiger charge is 2.03. The van der Waals surface area contributed by atoms with Gasteiger partial charge in [0.05, 0.1) is 12.2 Å². The number of aliphatic hydroxyl groups excluding tert-OH is 1. The molecule has 0 aliphatic heterocycles. The molecule has 0 rings (SSSR count). The predicted molar refractivity (Wildman–Crippen MR) is 55.9 cm³/mol. The number of ether oxygens (including phenoxy) is 1. The van der Waals surface area contributed by atoms with Crippen LogP contribution in [0, 0.1) is 0 Å². The number of hydrogen-bond donors (Lipinski definition) is 1. The molecule has 0 heterocycles. The molecule has 13 heavy (non-hydrogen) atoms. The molecule has 0 fully saturated rings. The van der Waals surface area contributed by atoms with Crippen molar-refractivity contribution in [2.24, 2.45) is 0 Å². The first kappa shape index (κ1) is 12.9. The molecule has 0 aliphatic carbocycles. The maximum atomic E-state index is 9.06. The zero-order valence-corrected chi connectivity index (χ0v) is 9.25. The SMILES string of the molecule is CCCCCOC(C)CCC(C)O. The fourth-order valence-corrected chi connectivity index (χ4v) is 1.20. The largest absolute Gasteiger partial charge is 0.393 e. The van der Waals surface area contributed by atoms with Gasteiger partial charge in [0.2, 0.25) is 0 Å². The van der Waals surface area contributed by atoms with Crippen LogP contribution < -0.4 is 0 Å². The van der Waals surface area contributed by atoms with Gasteiger partial charge in [0, 0.05) is 6.61 Å². The topological polar surface area (TPSA) is 29.5 Å². The smallest absolute Gasteiger partial charge is 0.0547 e. The zero-order valence-electron chi connectivity index (χ0n) is 9.25. The van der Waals surface area contributed by atoms with Crippen molar-refractivity contribution in [2.75, 3.05) is 6.61 Å². The van der Waals surface area contributed by atoms with Gasteiger partial charge in [0.25, 0.3) is 0 Å². The molecule has 0 spiro atoms. The fraction of sp³-hybridized carbons (Fsp3) is 1.00. The second-order valence-corrected chi connectivity index (χ2v) is 3.81. The van der Waals surface area contributed by atoms with E-state index in [0.717, 1.165) is 25.9 Å². The first-order valence-electron chi connectivity index (χ1n) is 5.46. The van der Waals surface area contributed by atoms with Gasteiger partial charge in [0.15, 0.2) is 0 Å². The van der Waals surface area contributed by atoms with E-state index in [1.165, 1.54) is 12.8 Å². The minimum absolute atomic E-state index is 0.193. The average Bonchev–Trinajstić information content (AvgIpc) is 2.09. The minimum Gasteiger partial charge on any atom is -0.393 e. The lowest BCUT2D eigenvalue weighted by Crippen LogP contribution is -2.12. The van der Waals surface area contributed by atoms with Crippen molar-refractivity contribution in [3.63, 3.8) is 0 Å². The second-order valence-electron chi connectivity index (χ2n) is 3.81. The third kappa shape index (κ3) is 9.84. The van der Waals surface area contributed by atoms with Crippen molar-refractivity contribution in [3.05, 3.63) is 0 Å². The standard InChI is InChI=1S/C11H24O2/c1-4-5-6-9-13-11(3)8-7-10(2)12/h10-12H,4-9H2,1-3H3. The molecule has 2 heteroatoms. The molecule has 2 nitrogen and oxygen atoms in total. The Labute approximate surface area is 82.3 Å². The van der Waals surface area contributed by atoms with Gasteiger partial charge in [-0.15, -0.1) is 0 Å². The number of aliphatic hydroxyl groups is 1. The van der Waals surface area contributed by atoms with Gasteiger partial charge < -0.3 is 9.84 Å². The Hall–Kier alpha value is -0.0800. The van der Waals surface area contributed by atoms with E-state index in [9.17, 15) is 0 Å². The van der Waals surface area contributed by atoms with Crippen molar-refractivity contribution in [1.29, 1.82) is 0 Å². The Morgan fingerprint density at radius 1 is 1.15 bits per heavy atom. The van der Waals surface area contributed by atoms with Gasteiger partial charge in [-0.1, -0.05) is 19.8 Å². The number of unbranched alkanes of at least 4 members (excludes halogenated alkanes) is 2. The van der Waals surface area contributed by atoms with Crippen molar-refractivity contribution >= 4 is 0 Å². The Bertz CT molecular complexity index is 102. The summed E-state index contributed by atoms with van der Waals surface area (Å²) in [6.07, 6.45) is 5.57. The summed E-state index contributed by atoms with van der Waals surface area (Å²) in [6, 6.07) is 0. The van der Waals surface area contributed by atoms with Gasteiger partial charge in [-0.2, -0.15) is 0 Å². The summed E-state index contributed by atoms with van der Waals surface area (Å²) in [5, 5.41) is 9.06. The normalized spacial score (nSPS) is 15.7. The predicted octanol–water partition coefficient (Wildman–Crippen LogP) is 2.74. The average molecular weight is 188 g/mol. The van der Waals surface area contributed by atoms with Crippen LogP contribution in [0.15, 0.2) is 0 Å². The summed E-state index contributed by atoms with van der Waals surface area (Å²) in [5.74, 6) is 0. The van der Waals surface area contributed by atoms with E-state index >= 15 is 0 Å². The number of hydrogen-bond acceptors (Lipinski definition) is 2. The summed E-state index contributed by atoms with van der Waals surface area (Å²) >= 11 is 0. The van der Waals surface area contributed by atoms with Crippen molar-refractivity contribution < 1.29 is 9.84 Å². The molecular formula is C11H24O2. The van der Waals surface area contributed by atoms with Crippen molar-refractivity contribution in [1.82, 2.24) is 0 Å². The van der Waals surface area contributed by atoms with Crippen LogP contribution in [0.1, 0.15) is 52.9 Å². The van der Waals surface area contributed by atoms with Crippen LogP contribution in [0.4, 0.5) is 0 Å². The molecule has 0 aromatic heterocycles. The quantitative estimate of drug-likeness (QED) is 0.593. The molecule has 2 unspecified atom stereocenters. The van der Waals surface area contributed by atoms with E-state index in [0.29, 0.717) is 6.10 Å². The van der Waals surface area contributed by atoms with E-state index in [-0.39, 0.29) is 6.10 Å².